The molecule has 0 aliphatic rings. The molecular formula is C13H8BrF4N2O2+. The van der Waals surface area contributed by atoms with Gasteiger partial charge in [-0.1, -0.05) is 15.9 Å². The molecule has 0 unspecified atom stereocenters. The predicted octanol–water partition coefficient (Wildman–Crippen LogP) is 4.72. The molecule has 22 heavy (non-hydrogen) atoms. The minimum atomic E-state index is -1.54. The van der Waals surface area contributed by atoms with Crippen LogP contribution in [0.2, 0.25) is 0 Å². The fourth-order valence-corrected chi connectivity index (χ4v) is 2.03. The Morgan fingerprint density at radius 3 is 2.36 bits per heavy atom. The van der Waals surface area contributed by atoms with Crippen LogP contribution in [0.3, 0.4) is 0 Å². The summed E-state index contributed by atoms with van der Waals surface area (Å²) in [5.41, 5.74) is -2.10. The van der Waals surface area contributed by atoms with Crippen molar-refractivity contribution in [1.29, 1.82) is 0 Å². The summed E-state index contributed by atoms with van der Waals surface area (Å²) >= 11 is 3.03. The Hall–Kier alpha value is -2.16. The standard InChI is InChI=1S/C13H8BrF4N2O2/c1-22-20(21)13-9(17)5-8(16)11(18)12(13)19-10-3-2-6(14)4-7(10)15/h2-5,19H,1H3/q+1. The molecule has 0 atom stereocenters. The molecule has 116 valence electrons. The van der Waals surface area contributed by atoms with Gasteiger partial charge < -0.3 is 5.32 Å². The van der Waals surface area contributed by atoms with Crippen LogP contribution in [0.4, 0.5) is 34.6 Å². The zero-order valence-corrected chi connectivity index (χ0v) is 12.5. The highest BCUT2D eigenvalue weighted by Gasteiger charge is 2.33. The second-order valence-electron chi connectivity index (χ2n) is 4.07. The van der Waals surface area contributed by atoms with E-state index in [-0.39, 0.29) is 16.7 Å². The molecule has 0 spiro atoms. The Bertz CT molecular complexity index is 755. The van der Waals surface area contributed by atoms with Gasteiger partial charge in [0.15, 0.2) is 24.4 Å². The minimum absolute atomic E-state index is 0.192. The van der Waals surface area contributed by atoms with Gasteiger partial charge in [0.1, 0.15) is 5.82 Å². The summed E-state index contributed by atoms with van der Waals surface area (Å²) < 4.78 is 55.1. The molecule has 0 aliphatic carbocycles. The van der Waals surface area contributed by atoms with Crippen LogP contribution < -0.4 is 5.32 Å². The summed E-state index contributed by atoms with van der Waals surface area (Å²) in [4.78, 5) is 15.4. The van der Waals surface area contributed by atoms with E-state index >= 15 is 0 Å². The van der Waals surface area contributed by atoms with Crippen molar-refractivity contribution in [2.45, 2.75) is 0 Å². The van der Waals surface area contributed by atoms with Gasteiger partial charge in [-0.2, -0.15) is 4.39 Å². The van der Waals surface area contributed by atoms with E-state index in [0.29, 0.717) is 4.47 Å². The maximum absolute atomic E-state index is 13.9. The van der Waals surface area contributed by atoms with E-state index in [9.17, 15) is 22.5 Å². The van der Waals surface area contributed by atoms with Crippen molar-refractivity contribution >= 4 is 33.0 Å². The molecule has 2 aromatic rings. The predicted molar refractivity (Wildman–Crippen MR) is 74.0 cm³/mol. The van der Waals surface area contributed by atoms with Gasteiger partial charge in [0.2, 0.25) is 5.82 Å². The maximum Gasteiger partial charge on any atom is 0.378 e. The summed E-state index contributed by atoms with van der Waals surface area (Å²) in [6.07, 6.45) is 0. The van der Waals surface area contributed by atoms with Crippen LogP contribution in [-0.2, 0) is 4.84 Å². The van der Waals surface area contributed by atoms with Crippen molar-refractivity contribution in [2.24, 2.45) is 0 Å². The van der Waals surface area contributed by atoms with Crippen LogP contribution in [0, 0.1) is 28.2 Å². The lowest BCUT2D eigenvalue weighted by Gasteiger charge is -2.09. The second kappa shape index (κ2) is 6.30. The molecule has 2 rings (SSSR count). The molecular weight excluding hydrogens is 372 g/mol. The van der Waals surface area contributed by atoms with Crippen LogP contribution in [0.5, 0.6) is 0 Å². The van der Waals surface area contributed by atoms with Gasteiger partial charge in [0.25, 0.3) is 4.92 Å². The highest BCUT2D eigenvalue weighted by atomic mass is 79.9. The van der Waals surface area contributed by atoms with E-state index in [4.69, 9.17) is 0 Å². The van der Waals surface area contributed by atoms with Crippen LogP contribution in [0.1, 0.15) is 0 Å². The highest BCUT2D eigenvalue weighted by Crippen LogP contribution is 2.35. The van der Waals surface area contributed by atoms with E-state index in [1.165, 1.54) is 12.1 Å². The van der Waals surface area contributed by atoms with Crippen LogP contribution in [-0.4, -0.2) is 12.0 Å². The SMILES string of the molecule is CO[N+](=O)c1c(F)cc(F)c(F)c1Nc1ccc(Br)cc1F. The van der Waals surface area contributed by atoms with Crippen molar-refractivity contribution in [3.63, 3.8) is 0 Å². The summed E-state index contributed by atoms with van der Waals surface area (Å²) in [5.74, 6) is -5.27. The van der Waals surface area contributed by atoms with Gasteiger partial charge >= 0.3 is 5.69 Å². The molecule has 0 bridgehead atoms. The second-order valence-corrected chi connectivity index (χ2v) is 4.98. The third-order valence-electron chi connectivity index (χ3n) is 2.68. The average molecular weight is 380 g/mol. The molecule has 4 nitrogen and oxygen atoms in total. The van der Waals surface area contributed by atoms with E-state index < -0.39 is 34.6 Å². The van der Waals surface area contributed by atoms with Crippen LogP contribution in [0.25, 0.3) is 0 Å². The first-order chi connectivity index (χ1) is 10.3. The fraction of sp³-hybridized carbons (Fsp3) is 0.0769. The number of hydrogen-bond donors (Lipinski definition) is 1. The Labute approximate surface area is 130 Å². The highest BCUT2D eigenvalue weighted by molar-refractivity contribution is 9.10. The molecule has 9 heteroatoms. The summed E-state index contributed by atoms with van der Waals surface area (Å²) in [6.45, 7) is 0. The van der Waals surface area contributed by atoms with Gasteiger partial charge in [0, 0.05) is 10.5 Å². The van der Waals surface area contributed by atoms with Crippen molar-refractivity contribution < 1.29 is 27.3 Å². The topological polar surface area (TPSA) is 41.3 Å². The molecule has 0 saturated heterocycles. The monoisotopic (exact) mass is 379 g/mol. The normalized spacial score (nSPS) is 10.5. The number of rotatable bonds is 4. The zero-order chi connectivity index (χ0) is 16.4. The van der Waals surface area contributed by atoms with E-state index in [1.807, 2.05) is 0 Å². The number of halogens is 5. The first-order valence-corrected chi connectivity index (χ1v) is 6.55. The summed E-state index contributed by atoms with van der Waals surface area (Å²) in [7, 11) is 0.914. The smallest absolute Gasteiger partial charge is 0.345 e. The van der Waals surface area contributed by atoms with E-state index in [1.54, 1.807) is 0 Å². The summed E-state index contributed by atoms with van der Waals surface area (Å²) in [6, 6.07) is 3.87. The van der Waals surface area contributed by atoms with Gasteiger partial charge in [-0.25, -0.2) is 18.0 Å². The van der Waals surface area contributed by atoms with Gasteiger partial charge in [-0.05, 0) is 18.2 Å². The van der Waals surface area contributed by atoms with E-state index in [0.717, 1.165) is 13.2 Å². The minimum Gasteiger partial charge on any atom is -0.345 e. The van der Waals surface area contributed by atoms with Crippen molar-refractivity contribution in [1.82, 2.24) is 0 Å². The molecule has 0 fully saturated rings. The third kappa shape index (κ3) is 3.03. The van der Waals surface area contributed by atoms with Gasteiger partial charge in [-0.3, -0.25) is 0 Å². The summed E-state index contributed by atoms with van der Waals surface area (Å²) in [5, 5.41) is 2.16. The average Bonchev–Trinajstić information content (AvgIpc) is 2.46. The Morgan fingerprint density at radius 2 is 1.77 bits per heavy atom. The lowest BCUT2D eigenvalue weighted by molar-refractivity contribution is -0.737. The van der Waals surface area contributed by atoms with Crippen LogP contribution in [0.15, 0.2) is 28.7 Å². The number of benzene rings is 2. The number of nitrogens with zero attached hydrogens (tertiary/aromatic N) is 1. The molecule has 0 aromatic heterocycles. The Kier molecular flexibility index (Phi) is 4.65. The number of nitrogens with one attached hydrogen (secondary N) is 1. The maximum atomic E-state index is 13.9. The molecule has 1 N–H and O–H groups in total. The molecule has 0 radical (unpaired) electrons. The van der Waals surface area contributed by atoms with Crippen molar-refractivity contribution in [2.75, 3.05) is 12.4 Å². The molecule has 0 amide bonds. The quantitative estimate of drug-likeness (QED) is 0.474. The Balaban J connectivity index is 2.60. The molecule has 0 saturated carbocycles. The lowest BCUT2D eigenvalue weighted by atomic mass is 10.2. The molecule has 0 heterocycles. The molecule has 2 aromatic carbocycles. The number of hydrogen-bond acceptors (Lipinski definition) is 3. The molecule has 0 aliphatic heterocycles. The fourth-order valence-electron chi connectivity index (χ4n) is 1.70. The van der Waals surface area contributed by atoms with E-state index in [2.05, 4.69) is 26.1 Å². The van der Waals surface area contributed by atoms with Crippen molar-refractivity contribution in [3.05, 3.63) is 56.9 Å². The largest absolute Gasteiger partial charge is 0.378 e. The zero-order valence-electron chi connectivity index (χ0n) is 11.0. The Morgan fingerprint density at radius 1 is 1.09 bits per heavy atom. The van der Waals surface area contributed by atoms with Gasteiger partial charge in [-0.15, -0.1) is 0 Å². The van der Waals surface area contributed by atoms with Gasteiger partial charge in [0.05, 0.1) is 10.6 Å². The van der Waals surface area contributed by atoms with Crippen molar-refractivity contribution in [3.8, 4) is 0 Å². The number of anilines is 2. The first kappa shape index (κ1) is 16.2. The third-order valence-corrected chi connectivity index (χ3v) is 3.18. The van der Waals surface area contributed by atoms with Crippen LogP contribution >= 0.6 is 15.9 Å². The lowest BCUT2D eigenvalue weighted by Crippen LogP contribution is -2.08. The first-order valence-electron chi connectivity index (χ1n) is 5.76.